The number of benzene rings is 2. The molecule has 0 unspecified atom stereocenters. The number of phenols is 1. The van der Waals surface area contributed by atoms with Crippen LogP contribution in [0.1, 0.15) is 12.5 Å². The second kappa shape index (κ2) is 7.43. The largest absolute Gasteiger partial charge is 0.504 e. The Morgan fingerprint density at radius 3 is 3.00 bits per heavy atom. The summed E-state index contributed by atoms with van der Waals surface area (Å²) < 4.78 is 6.79. The predicted octanol–water partition coefficient (Wildman–Crippen LogP) is 1.69. The summed E-state index contributed by atoms with van der Waals surface area (Å²) in [6.45, 7) is 2.26. The first kappa shape index (κ1) is 16.4. The van der Waals surface area contributed by atoms with Gasteiger partial charge in [0.05, 0.1) is 18.3 Å². The number of phenolic OH excluding ortho intramolecular Hbond substituents is 1. The van der Waals surface area contributed by atoms with Crippen LogP contribution in [0.2, 0.25) is 0 Å². The fourth-order valence-corrected chi connectivity index (χ4v) is 2.29. The SMILES string of the molecule is CCOc1cccc(C=NNC(=O)Cn2nnc3ccccc32)c1O. The highest BCUT2D eigenvalue weighted by Crippen LogP contribution is 2.28. The van der Waals surface area contributed by atoms with Crippen molar-refractivity contribution >= 4 is 23.2 Å². The summed E-state index contributed by atoms with van der Waals surface area (Å²) in [4.78, 5) is 12.0. The zero-order valence-corrected chi connectivity index (χ0v) is 13.6. The molecule has 0 saturated carbocycles. The summed E-state index contributed by atoms with van der Waals surface area (Å²) in [6.07, 6.45) is 1.36. The third-order valence-corrected chi connectivity index (χ3v) is 3.44. The monoisotopic (exact) mass is 339 g/mol. The Morgan fingerprint density at radius 2 is 2.16 bits per heavy atom. The van der Waals surface area contributed by atoms with Crippen molar-refractivity contribution in [2.75, 3.05) is 6.61 Å². The van der Waals surface area contributed by atoms with Crippen LogP contribution in [0.4, 0.5) is 0 Å². The van der Waals surface area contributed by atoms with E-state index in [0.29, 0.717) is 17.9 Å². The van der Waals surface area contributed by atoms with Crippen LogP contribution in [0.25, 0.3) is 11.0 Å². The number of hydrazone groups is 1. The van der Waals surface area contributed by atoms with Gasteiger partial charge in [-0.3, -0.25) is 4.79 Å². The van der Waals surface area contributed by atoms with Gasteiger partial charge in [0.15, 0.2) is 11.5 Å². The molecule has 0 fully saturated rings. The summed E-state index contributed by atoms with van der Waals surface area (Å²) in [7, 11) is 0. The van der Waals surface area contributed by atoms with Gasteiger partial charge in [-0.2, -0.15) is 5.10 Å². The molecule has 25 heavy (non-hydrogen) atoms. The van der Waals surface area contributed by atoms with E-state index in [9.17, 15) is 9.90 Å². The first-order chi connectivity index (χ1) is 12.2. The van der Waals surface area contributed by atoms with E-state index in [2.05, 4.69) is 20.8 Å². The Labute approximate surface area is 143 Å². The Balaban J connectivity index is 1.64. The van der Waals surface area contributed by atoms with Gasteiger partial charge < -0.3 is 9.84 Å². The summed E-state index contributed by atoms with van der Waals surface area (Å²) >= 11 is 0. The molecule has 0 bridgehead atoms. The van der Waals surface area contributed by atoms with E-state index in [-0.39, 0.29) is 18.2 Å². The van der Waals surface area contributed by atoms with Gasteiger partial charge in [0.2, 0.25) is 0 Å². The van der Waals surface area contributed by atoms with Crippen LogP contribution in [-0.2, 0) is 11.3 Å². The van der Waals surface area contributed by atoms with E-state index in [1.54, 1.807) is 18.2 Å². The molecule has 0 aliphatic rings. The van der Waals surface area contributed by atoms with Crippen molar-refractivity contribution in [3.8, 4) is 11.5 Å². The molecule has 0 aliphatic heterocycles. The highest BCUT2D eigenvalue weighted by molar-refractivity contribution is 5.86. The molecule has 8 heteroatoms. The molecule has 1 aromatic heterocycles. The molecule has 8 nitrogen and oxygen atoms in total. The normalized spacial score (nSPS) is 11.1. The number of carbonyl (C=O) groups excluding carboxylic acids is 1. The standard InChI is InChI=1S/C17H17N5O3/c1-2-25-15-9-5-6-12(17(15)24)10-18-20-16(23)11-22-14-8-4-3-7-13(14)19-21-22/h3-10,24H,2,11H2,1H3,(H,20,23). The van der Waals surface area contributed by atoms with Crippen LogP contribution in [0.3, 0.4) is 0 Å². The molecular weight excluding hydrogens is 322 g/mol. The lowest BCUT2D eigenvalue weighted by Crippen LogP contribution is -2.23. The maximum absolute atomic E-state index is 12.0. The number of hydrogen-bond donors (Lipinski definition) is 2. The van der Waals surface area contributed by atoms with Gasteiger partial charge >= 0.3 is 0 Å². The molecule has 3 aromatic rings. The molecule has 1 heterocycles. The van der Waals surface area contributed by atoms with Crippen LogP contribution >= 0.6 is 0 Å². The van der Waals surface area contributed by atoms with Crippen LogP contribution in [0.5, 0.6) is 11.5 Å². The lowest BCUT2D eigenvalue weighted by atomic mass is 10.2. The van der Waals surface area contributed by atoms with Gasteiger partial charge in [-0.15, -0.1) is 5.10 Å². The fraction of sp³-hybridized carbons (Fsp3) is 0.176. The molecule has 2 N–H and O–H groups in total. The van der Waals surface area contributed by atoms with Crippen LogP contribution in [-0.4, -0.2) is 38.8 Å². The molecular formula is C17H17N5O3. The zero-order valence-electron chi connectivity index (χ0n) is 13.6. The number of nitrogens with zero attached hydrogens (tertiary/aromatic N) is 4. The average molecular weight is 339 g/mol. The van der Waals surface area contributed by atoms with Crippen molar-refractivity contribution in [2.24, 2.45) is 5.10 Å². The summed E-state index contributed by atoms with van der Waals surface area (Å²) in [6, 6.07) is 12.4. The van der Waals surface area contributed by atoms with Gasteiger partial charge in [-0.1, -0.05) is 23.4 Å². The number of hydrogen-bond acceptors (Lipinski definition) is 6. The maximum Gasteiger partial charge on any atom is 0.261 e. The van der Waals surface area contributed by atoms with Crippen molar-refractivity contribution in [3.63, 3.8) is 0 Å². The van der Waals surface area contributed by atoms with Gasteiger partial charge in [-0.05, 0) is 31.2 Å². The molecule has 1 amide bonds. The first-order valence-corrected chi connectivity index (χ1v) is 7.74. The number of carbonyl (C=O) groups is 1. The van der Waals surface area contributed by atoms with E-state index in [4.69, 9.17) is 4.74 Å². The van der Waals surface area contributed by atoms with Gasteiger partial charge in [-0.25, -0.2) is 10.1 Å². The lowest BCUT2D eigenvalue weighted by molar-refractivity contribution is -0.121. The first-order valence-electron chi connectivity index (χ1n) is 7.74. The number of amides is 1. The molecule has 0 radical (unpaired) electrons. The molecule has 3 rings (SSSR count). The Bertz CT molecular complexity index is 920. The minimum Gasteiger partial charge on any atom is -0.504 e. The molecule has 0 atom stereocenters. The smallest absolute Gasteiger partial charge is 0.261 e. The van der Waals surface area contributed by atoms with Gasteiger partial charge in [0.1, 0.15) is 12.1 Å². The molecule has 0 spiro atoms. The Morgan fingerprint density at radius 1 is 1.32 bits per heavy atom. The fourth-order valence-electron chi connectivity index (χ4n) is 2.29. The maximum atomic E-state index is 12.0. The third kappa shape index (κ3) is 3.74. The van der Waals surface area contributed by atoms with Gasteiger partial charge in [0, 0.05) is 5.56 Å². The second-order valence-electron chi connectivity index (χ2n) is 5.16. The average Bonchev–Trinajstić information content (AvgIpc) is 3.01. The van der Waals surface area contributed by atoms with E-state index < -0.39 is 0 Å². The van der Waals surface area contributed by atoms with Crippen LogP contribution in [0, 0.1) is 0 Å². The molecule has 0 aliphatic carbocycles. The number of rotatable bonds is 6. The molecule has 2 aromatic carbocycles. The minimum atomic E-state index is -0.354. The number of nitrogens with one attached hydrogen (secondary N) is 1. The third-order valence-electron chi connectivity index (χ3n) is 3.44. The Hall–Kier alpha value is -3.42. The number of ether oxygens (including phenoxy) is 1. The van der Waals surface area contributed by atoms with Gasteiger partial charge in [0.25, 0.3) is 5.91 Å². The Kier molecular flexibility index (Phi) is 4.89. The van der Waals surface area contributed by atoms with Crippen molar-refractivity contribution in [1.29, 1.82) is 0 Å². The van der Waals surface area contributed by atoms with E-state index >= 15 is 0 Å². The molecule has 128 valence electrons. The molecule has 0 saturated heterocycles. The van der Waals surface area contributed by atoms with E-state index in [1.165, 1.54) is 10.9 Å². The lowest BCUT2D eigenvalue weighted by Gasteiger charge is -2.07. The number of aromatic hydroxyl groups is 1. The summed E-state index contributed by atoms with van der Waals surface area (Å²) in [5.74, 6) is -0.0103. The van der Waals surface area contributed by atoms with Crippen LogP contribution < -0.4 is 10.2 Å². The minimum absolute atomic E-state index is 0.0111. The highest BCUT2D eigenvalue weighted by atomic mass is 16.5. The van der Waals surface area contributed by atoms with Crippen LogP contribution in [0.15, 0.2) is 47.6 Å². The van der Waals surface area contributed by atoms with Crippen molar-refractivity contribution in [3.05, 3.63) is 48.0 Å². The van der Waals surface area contributed by atoms with Crippen molar-refractivity contribution < 1.29 is 14.6 Å². The van der Waals surface area contributed by atoms with Crippen molar-refractivity contribution in [2.45, 2.75) is 13.5 Å². The second-order valence-corrected chi connectivity index (χ2v) is 5.16. The van der Waals surface area contributed by atoms with E-state index in [0.717, 1.165) is 11.0 Å². The van der Waals surface area contributed by atoms with Crippen molar-refractivity contribution in [1.82, 2.24) is 20.4 Å². The number of aromatic nitrogens is 3. The van der Waals surface area contributed by atoms with E-state index in [1.807, 2.05) is 31.2 Å². The topological polar surface area (TPSA) is 102 Å². The summed E-state index contributed by atoms with van der Waals surface area (Å²) in [5, 5.41) is 21.9. The number of para-hydroxylation sites is 2. The summed E-state index contributed by atoms with van der Waals surface area (Å²) in [5.41, 5.74) is 4.33. The predicted molar refractivity (Wildman–Crippen MR) is 92.5 cm³/mol. The quantitative estimate of drug-likeness (QED) is 0.525. The highest BCUT2D eigenvalue weighted by Gasteiger charge is 2.08. The zero-order chi connectivity index (χ0) is 17.6. The number of fused-ring (bicyclic) bond motifs is 1.